The number of anilines is 1. The number of carbonyl (C=O) groups excluding carboxylic acids is 1. The summed E-state index contributed by atoms with van der Waals surface area (Å²) >= 11 is 1.59. The number of aryl methyl sites for hydroxylation is 1. The van der Waals surface area contributed by atoms with Gasteiger partial charge in [0.25, 0.3) is 5.91 Å². The standard InChI is InChI=1S/C18H20F2N2O2S/c1-11(16-12(2)21-10-25-16)13-3-5-15(6-4-13)22-17(23)18(19,20)14-7-8-24-9-14/h3-6,10-11,14H,7-9H2,1-2H3,(H,22,23)/t11-,14-/m1/s1. The first-order valence-electron chi connectivity index (χ1n) is 8.16. The summed E-state index contributed by atoms with van der Waals surface area (Å²) in [7, 11) is 0. The minimum atomic E-state index is -3.43. The van der Waals surface area contributed by atoms with Crippen LogP contribution in [0, 0.1) is 12.8 Å². The predicted octanol–water partition coefficient (Wildman–Crippen LogP) is 4.21. The Balaban J connectivity index is 1.68. The zero-order chi connectivity index (χ0) is 18.0. The maximum Gasteiger partial charge on any atom is 0.329 e. The van der Waals surface area contributed by atoms with E-state index in [9.17, 15) is 13.6 Å². The van der Waals surface area contributed by atoms with Gasteiger partial charge in [0.1, 0.15) is 0 Å². The van der Waals surface area contributed by atoms with Gasteiger partial charge in [-0.25, -0.2) is 4.98 Å². The average molecular weight is 366 g/mol. The zero-order valence-corrected chi connectivity index (χ0v) is 14.9. The molecule has 1 N–H and O–H groups in total. The fourth-order valence-corrected chi connectivity index (χ4v) is 3.84. The number of halogens is 2. The van der Waals surface area contributed by atoms with Crippen LogP contribution in [0.1, 0.15) is 35.4 Å². The Morgan fingerprint density at radius 1 is 1.40 bits per heavy atom. The first kappa shape index (κ1) is 17.9. The third-order valence-corrected chi connectivity index (χ3v) is 5.70. The van der Waals surface area contributed by atoms with Gasteiger partial charge >= 0.3 is 5.92 Å². The number of nitrogens with zero attached hydrogens (tertiary/aromatic N) is 1. The van der Waals surface area contributed by atoms with Crippen LogP contribution in [0.2, 0.25) is 0 Å². The van der Waals surface area contributed by atoms with Crippen molar-refractivity contribution < 1.29 is 18.3 Å². The Hall–Kier alpha value is -1.86. The van der Waals surface area contributed by atoms with E-state index in [4.69, 9.17) is 4.74 Å². The SMILES string of the molecule is Cc1ncsc1[C@H](C)c1ccc(NC(=O)C(F)(F)[C@@H]2CCOC2)cc1. The molecule has 134 valence electrons. The molecule has 4 nitrogen and oxygen atoms in total. The van der Waals surface area contributed by atoms with Gasteiger partial charge in [-0.3, -0.25) is 4.79 Å². The molecule has 25 heavy (non-hydrogen) atoms. The molecule has 2 atom stereocenters. The van der Waals surface area contributed by atoms with Gasteiger partial charge in [0.05, 0.1) is 23.7 Å². The molecule has 1 amide bonds. The van der Waals surface area contributed by atoms with Crippen molar-refractivity contribution in [3.63, 3.8) is 0 Å². The Morgan fingerprint density at radius 3 is 2.68 bits per heavy atom. The molecule has 1 aromatic carbocycles. The van der Waals surface area contributed by atoms with Crippen LogP contribution in [0.5, 0.6) is 0 Å². The number of benzene rings is 1. The molecule has 1 saturated heterocycles. The van der Waals surface area contributed by atoms with E-state index in [-0.39, 0.29) is 25.6 Å². The second-order valence-electron chi connectivity index (χ2n) is 6.28. The summed E-state index contributed by atoms with van der Waals surface area (Å²) in [6.45, 7) is 4.23. The lowest BCUT2D eigenvalue weighted by atomic mass is 9.98. The number of alkyl halides is 2. The van der Waals surface area contributed by atoms with Crippen LogP contribution in [0.15, 0.2) is 29.8 Å². The number of aromatic nitrogens is 1. The molecule has 1 aliphatic rings. The van der Waals surface area contributed by atoms with Crippen LogP contribution in [0.25, 0.3) is 0 Å². The Morgan fingerprint density at radius 2 is 2.12 bits per heavy atom. The van der Waals surface area contributed by atoms with Crippen molar-refractivity contribution in [2.45, 2.75) is 32.1 Å². The van der Waals surface area contributed by atoms with Gasteiger partial charge in [0, 0.05) is 23.1 Å². The largest absolute Gasteiger partial charge is 0.381 e. The highest BCUT2D eigenvalue weighted by Gasteiger charge is 2.48. The van der Waals surface area contributed by atoms with Crippen molar-refractivity contribution >= 4 is 22.9 Å². The number of thiazole rings is 1. The molecule has 0 saturated carbocycles. The number of carbonyl (C=O) groups is 1. The number of nitrogens with one attached hydrogen (secondary N) is 1. The second-order valence-corrected chi connectivity index (χ2v) is 7.17. The minimum absolute atomic E-state index is 0.0783. The molecule has 1 aromatic heterocycles. The summed E-state index contributed by atoms with van der Waals surface area (Å²) in [6.07, 6.45) is 0.199. The fraction of sp³-hybridized carbons (Fsp3) is 0.444. The fourth-order valence-electron chi connectivity index (χ4n) is 2.95. The van der Waals surface area contributed by atoms with Crippen molar-refractivity contribution in [1.82, 2.24) is 4.98 Å². The molecule has 2 heterocycles. The highest BCUT2D eigenvalue weighted by Crippen LogP contribution is 2.33. The van der Waals surface area contributed by atoms with E-state index in [2.05, 4.69) is 17.2 Å². The summed E-state index contributed by atoms with van der Waals surface area (Å²) in [5.41, 5.74) is 4.21. The first-order valence-corrected chi connectivity index (χ1v) is 9.04. The first-order chi connectivity index (χ1) is 11.9. The molecule has 3 rings (SSSR count). The number of hydrogen-bond acceptors (Lipinski definition) is 4. The van der Waals surface area contributed by atoms with Gasteiger partial charge < -0.3 is 10.1 Å². The predicted molar refractivity (Wildman–Crippen MR) is 93.3 cm³/mol. The van der Waals surface area contributed by atoms with Gasteiger partial charge in [-0.1, -0.05) is 19.1 Å². The van der Waals surface area contributed by atoms with Crippen LogP contribution in [0.4, 0.5) is 14.5 Å². The summed E-state index contributed by atoms with van der Waals surface area (Å²) in [5, 5.41) is 2.32. The third-order valence-electron chi connectivity index (χ3n) is 4.59. The van der Waals surface area contributed by atoms with Gasteiger partial charge in [0.2, 0.25) is 0 Å². The van der Waals surface area contributed by atoms with Crippen molar-refractivity contribution in [2.24, 2.45) is 5.92 Å². The Bertz CT molecular complexity index is 740. The average Bonchev–Trinajstić information content (AvgIpc) is 3.26. The van der Waals surface area contributed by atoms with Gasteiger partial charge in [-0.2, -0.15) is 8.78 Å². The van der Waals surface area contributed by atoms with Gasteiger partial charge in [-0.15, -0.1) is 11.3 Å². The molecule has 2 aromatic rings. The normalized spacial score (nSPS) is 19.0. The topological polar surface area (TPSA) is 51.2 Å². The van der Waals surface area contributed by atoms with Crippen LogP contribution < -0.4 is 5.32 Å². The maximum atomic E-state index is 14.1. The summed E-state index contributed by atoms with van der Waals surface area (Å²) < 4.78 is 33.3. The minimum Gasteiger partial charge on any atom is -0.381 e. The molecule has 0 radical (unpaired) electrons. The molecule has 1 aliphatic heterocycles. The van der Waals surface area contributed by atoms with Crippen molar-refractivity contribution in [3.05, 3.63) is 45.9 Å². The third kappa shape index (κ3) is 3.72. The highest BCUT2D eigenvalue weighted by atomic mass is 32.1. The van der Waals surface area contributed by atoms with E-state index in [0.717, 1.165) is 11.3 Å². The summed E-state index contributed by atoms with van der Waals surface area (Å²) in [6, 6.07) is 7.00. The number of amides is 1. The van der Waals surface area contributed by atoms with E-state index >= 15 is 0 Å². The van der Waals surface area contributed by atoms with Crippen molar-refractivity contribution in [3.8, 4) is 0 Å². The number of ether oxygens (including phenoxy) is 1. The summed E-state index contributed by atoms with van der Waals surface area (Å²) in [4.78, 5) is 17.4. The molecule has 7 heteroatoms. The molecule has 1 fully saturated rings. The Labute approximate surface area is 149 Å². The van der Waals surface area contributed by atoms with Crippen molar-refractivity contribution in [2.75, 3.05) is 18.5 Å². The molecule has 0 spiro atoms. The quantitative estimate of drug-likeness (QED) is 0.862. The molecule has 0 bridgehead atoms. The van der Waals surface area contributed by atoms with Crippen LogP contribution in [-0.2, 0) is 9.53 Å². The number of rotatable bonds is 5. The van der Waals surface area contributed by atoms with Gasteiger partial charge in [0.15, 0.2) is 0 Å². The second kappa shape index (κ2) is 7.17. The summed E-state index contributed by atoms with van der Waals surface area (Å²) in [5.74, 6) is -5.60. The maximum absolute atomic E-state index is 14.1. The highest BCUT2D eigenvalue weighted by molar-refractivity contribution is 7.09. The molecular formula is C18H20F2N2O2S. The van der Waals surface area contributed by atoms with E-state index in [1.165, 1.54) is 4.88 Å². The lowest BCUT2D eigenvalue weighted by Crippen LogP contribution is -2.41. The van der Waals surface area contributed by atoms with Crippen LogP contribution in [0.3, 0.4) is 0 Å². The lowest BCUT2D eigenvalue weighted by molar-refractivity contribution is -0.147. The van der Waals surface area contributed by atoms with E-state index in [0.29, 0.717) is 5.69 Å². The monoisotopic (exact) mass is 366 g/mol. The number of hydrogen-bond donors (Lipinski definition) is 1. The van der Waals surface area contributed by atoms with E-state index < -0.39 is 17.7 Å². The molecule has 0 aliphatic carbocycles. The van der Waals surface area contributed by atoms with Gasteiger partial charge in [-0.05, 0) is 31.0 Å². The van der Waals surface area contributed by atoms with Crippen LogP contribution >= 0.6 is 11.3 Å². The molecular weight excluding hydrogens is 346 g/mol. The van der Waals surface area contributed by atoms with Crippen LogP contribution in [-0.4, -0.2) is 30.0 Å². The zero-order valence-electron chi connectivity index (χ0n) is 14.1. The lowest BCUT2D eigenvalue weighted by Gasteiger charge is -2.21. The Kier molecular flexibility index (Phi) is 5.15. The van der Waals surface area contributed by atoms with E-state index in [1.54, 1.807) is 23.5 Å². The smallest absolute Gasteiger partial charge is 0.329 e. The van der Waals surface area contributed by atoms with E-state index in [1.807, 2.05) is 24.6 Å². The van der Waals surface area contributed by atoms with Crippen molar-refractivity contribution in [1.29, 1.82) is 0 Å². The molecule has 0 unspecified atom stereocenters.